The van der Waals surface area contributed by atoms with Crippen molar-refractivity contribution in [1.82, 2.24) is 0 Å². The summed E-state index contributed by atoms with van der Waals surface area (Å²) in [6, 6.07) is 4.89. The molecule has 0 aliphatic carbocycles. The fraction of sp³-hybridized carbons (Fsp3) is 0.364. The molecule has 0 aliphatic rings. The van der Waals surface area contributed by atoms with E-state index >= 15 is 0 Å². The van der Waals surface area contributed by atoms with Crippen LogP contribution in [-0.4, -0.2) is 33.8 Å². The average Bonchev–Trinajstić information content (AvgIpc) is 2.37. The van der Waals surface area contributed by atoms with Gasteiger partial charge >= 0.3 is 5.97 Å². The van der Waals surface area contributed by atoms with E-state index in [0.717, 1.165) is 0 Å². The molecular weight excluding hydrogens is 242 g/mol. The normalized spacial score (nSPS) is 13.7. The number of nitrogens with zero attached hydrogens (tertiary/aromatic N) is 1. The molecule has 0 radical (unpaired) electrons. The van der Waals surface area contributed by atoms with Gasteiger partial charge in [0, 0.05) is 12.1 Å². The first-order valence-electron chi connectivity index (χ1n) is 5.24. The Labute approximate surface area is 103 Å². The highest BCUT2D eigenvalue weighted by Crippen LogP contribution is 2.20. The van der Waals surface area contributed by atoms with Crippen LogP contribution in [0.3, 0.4) is 0 Å². The van der Waals surface area contributed by atoms with Crippen LogP contribution < -0.4 is 0 Å². The molecule has 0 saturated carbocycles. The van der Waals surface area contributed by atoms with Gasteiger partial charge in [-0.3, -0.25) is 10.1 Å². The molecule has 0 saturated heterocycles. The number of hydrogen-bond donors (Lipinski definition) is 2. The minimum atomic E-state index is -1.72. The lowest BCUT2D eigenvalue weighted by Crippen LogP contribution is -2.29. The maximum atomic E-state index is 11.2. The van der Waals surface area contributed by atoms with Crippen LogP contribution >= 0.6 is 0 Å². The van der Waals surface area contributed by atoms with Crippen molar-refractivity contribution < 1.29 is 24.7 Å². The summed E-state index contributed by atoms with van der Waals surface area (Å²) in [6.07, 6.45) is -3.20. The summed E-state index contributed by atoms with van der Waals surface area (Å²) in [4.78, 5) is 21.0. The van der Waals surface area contributed by atoms with Gasteiger partial charge in [-0.05, 0) is 24.6 Å². The molecule has 2 unspecified atom stereocenters. The summed E-state index contributed by atoms with van der Waals surface area (Å²) in [7, 11) is 0. The largest absolute Gasteiger partial charge is 0.464 e. The van der Waals surface area contributed by atoms with Crippen molar-refractivity contribution in [2.75, 3.05) is 6.61 Å². The van der Waals surface area contributed by atoms with Crippen LogP contribution in [-0.2, 0) is 9.53 Å². The van der Waals surface area contributed by atoms with E-state index in [2.05, 4.69) is 4.74 Å². The molecule has 7 nitrogen and oxygen atoms in total. The van der Waals surface area contributed by atoms with Crippen LogP contribution in [0.15, 0.2) is 24.3 Å². The van der Waals surface area contributed by atoms with Gasteiger partial charge in [0.15, 0.2) is 6.10 Å². The van der Waals surface area contributed by atoms with Crippen LogP contribution in [0.4, 0.5) is 5.69 Å². The Hall–Kier alpha value is -1.99. The highest BCUT2D eigenvalue weighted by Gasteiger charge is 2.27. The molecule has 1 rings (SSSR count). The first-order valence-corrected chi connectivity index (χ1v) is 5.24. The van der Waals surface area contributed by atoms with Crippen LogP contribution in [0.5, 0.6) is 0 Å². The molecule has 1 aromatic carbocycles. The molecule has 2 N–H and O–H groups in total. The molecule has 1 aromatic rings. The highest BCUT2D eigenvalue weighted by molar-refractivity contribution is 5.75. The van der Waals surface area contributed by atoms with Crippen molar-refractivity contribution in [2.45, 2.75) is 19.1 Å². The predicted octanol–water partition coefficient (Wildman–Crippen LogP) is 0.552. The first kappa shape index (κ1) is 14.1. The standard InChI is InChI=1S/C11H13NO6/c1-2-18-11(15)10(14)9(13)7-3-5-8(6-4-7)12(16)17/h3-6,9-10,13-14H,2H2,1H3. The lowest BCUT2D eigenvalue weighted by molar-refractivity contribution is -0.384. The zero-order valence-electron chi connectivity index (χ0n) is 9.65. The van der Waals surface area contributed by atoms with Crippen molar-refractivity contribution in [3.8, 4) is 0 Å². The number of non-ortho nitro benzene ring substituents is 1. The molecule has 0 amide bonds. The maximum Gasteiger partial charge on any atom is 0.338 e. The van der Waals surface area contributed by atoms with Crippen molar-refractivity contribution >= 4 is 11.7 Å². The Balaban J connectivity index is 2.80. The Kier molecular flexibility index (Phi) is 4.75. The zero-order valence-corrected chi connectivity index (χ0v) is 9.65. The van der Waals surface area contributed by atoms with Gasteiger partial charge in [0.25, 0.3) is 5.69 Å². The Bertz CT molecular complexity index is 430. The fourth-order valence-corrected chi connectivity index (χ4v) is 1.33. The minimum absolute atomic E-state index is 0.0862. The van der Waals surface area contributed by atoms with E-state index in [-0.39, 0.29) is 17.9 Å². The number of esters is 1. The van der Waals surface area contributed by atoms with Crippen molar-refractivity contribution in [3.63, 3.8) is 0 Å². The number of rotatable bonds is 5. The Morgan fingerprint density at radius 1 is 1.39 bits per heavy atom. The second-order valence-electron chi connectivity index (χ2n) is 3.49. The van der Waals surface area contributed by atoms with Gasteiger partial charge in [-0.2, -0.15) is 0 Å². The number of benzene rings is 1. The van der Waals surface area contributed by atoms with Crippen LogP contribution in [0.2, 0.25) is 0 Å². The lowest BCUT2D eigenvalue weighted by atomic mass is 10.0. The molecule has 2 atom stereocenters. The molecule has 0 heterocycles. The number of carbonyl (C=O) groups is 1. The van der Waals surface area contributed by atoms with Gasteiger partial charge in [-0.15, -0.1) is 0 Å². The number of carbonyl (C=O) groups excluding carboxylic acids is 1. The van der Waals surface area contributed by atoms with E-state index in [1.165, 1.54) is 24.3 Å². The third kappa shape index (κ3) is 3.25. The number of nitro benzene ring substituents is 1. The molecular formula is C11H13NO6. The Morgan fingerprint density at radius 2 is 1.94 bits per heavy atom. The van der Waals surface area contributed by atoms with Crippen molar-refractivity contribution in [3.05, 3.63) is 39.9 Å². The topological polar surface area (TPSA) is 110 Å². The molecule has 0 aliphatic heterocycles. The molecule has 0 fully saturated rings. The number of nitro groups is 1. The van der Waals surface area contributed by atoms with E-state index in [1.807, 2.05) is 0 Å². The molecule has 0 aromatic heterocycles. The summed E-state index contributed by atoms with van der Waals surface area (Å²) in [5.41, 5.74) is 0.0535. The highest BCUT2D eigenvalue weighted by atomic mass is 16.6. The molecule has 18 heavy (non-hydrogen) atoms. The van der Waals surface area contributed by atoms with Crippen molar-refractivity contribution in [1.29, 1.82) is 0 Å². The molecule has 0 bridgehead atoms. The van der Waals surface area contributed by atoms with Gasteiger partial charge in [0.05, 0.1) is 11.5 Å². The SMILES string of the molecule is CCOC(=O)C(O)C(O)c1ccc([N+](=O)[O-])cc1. The third-order valence-corrected chi connectivity index (χ3v) is 2.27. The van der Waals surface area contributed by atoms with Crippen LogP contribution in [0, 0.1) is 10.1 Å². The van der Waals surface area contributed by atoms with Gasteiger partial charge in [0.2, 0.25) is 0 Å². The molecule has 0 spiro atoms. The summed E-state index contributed by atoms with van der Waals surface area (Å²) < 4.78 is 4.55. The second-order valence-corrected chi connectivity index (χ2v) is 3.49. The van der Waals surface area contributed by atoms with Crippen LogP contribution in [0.25, 0.3) is 0 Å². The zero-order chi connectivity index (χ0) is 13.7. The number of aliphatic hydroxyl groups excluding tert-OH is 2. The van der Waals surface area contributed by atoms with Crippen molar-refractivity contribution in [2.24, 2.45) is 0 Å². The maximum absolute atomic E-state index is 11.2. The third-order valence-electron chi connectivity index (χ3n) is 2.27. The summed E-state index contributed by atoms with van der Waals surface area (Å²) >= 11 is 0. The number of ether oxygens (including phenoxy) is 1. The summed E-state index contributed by atoms with van der Waals surface area (Å²) in [5, 5.41) is 29.6. The van der Waals surface area contributed by atoms with E-state index in [4.69, 9.17) is 0 Å². The Morgan fingerprint density at radius 3 is 2.39 bits per heavy atom. The fourth-order valence-electron chi connectivity index (χ4n) is 1.33. The van der Waals surface area contributed by atoms with E-state index in [9.17, 15) is 25.1 Å². The minimum Gasteiger partial charge on any atom is -0.464 e. The van der Waals surface area contributed by atoms with E-state index in [0.29, 0.717) is 0 Å². The van der Waals surface area contributed by atoms with Gasteiger partial charge < -0.3 is 14.9 Å². The number of aliphatic hydroxyl groups is 2. The average molecular weight is 255 g/mol. The molecule has 7 heteroatoms. The molecule has 98 valence electrons. The van der Waals surface area contributed by atoms with Gasteiger partial charge in [-0.25, -0.2) is 4.79 Å². The van der Waals surface area contributed by atoms with Crippen LogP contribution in [0.1, 0.15) is 18.6 Å². The van der Waals surface area contributed by atoms with E-state index in [1.54, 1.807) is 6.92 Å². The first-order chi connectivity index (χ1) is 8.47. The monoisotopic (exact) mass is 255 g/mol. The number of hydrogen-bond acceptors (Lipinski definition) is 6. The second kappa shape index (κ2) is 6.08. The van der Waals surface area contributed by atoms with E-state index < -0.39 is 23.1 Å². The predicted molar refractivity (Wildman–Crippen MR) is 60.7 cm³/mol. The summed E-state index contributed by atoms with van der Waals surface area (Å²) in [5.74, 6) is -0.941. The summed E-state index contributed by atoms with van der Waals surface area (Å²) in [6.45, 7) is 1.66. The smallest absolute Gasteiger partial charge is 0.338 e. The quantitative estimate of drug-likeness (QED) is 0.451. The van der Waals surface area contributed by atoms with Gasteiger partial charge in [0.1, 0.15) is 6.10 Å². The van der Waals surface area contributed by atoms with Gasteiger partial charge in [-0.1, -0.05) is 0 Å². The lowest BCUT2D eigenvalue weighted by Gasteiger charge is -2.16.